The maximum atomic E-state index is 10.9. The van der Waals surface area contributed by atoms with Gasteiger partial charge in [-0.15, -0.1) is 0 Å². The molecule has 0 aliphatic rings. The van der Waals surface area contributed by atoms with E-state index in [4.69, 9.17) is 5.11 Å². The number of nitrogens with one attached hydrogen (secondary N) is 1. The Kier molecular flexibility index (Phi) is 4.52. The van der Waals surface area contributed by atoms with Gasteiger partial charge in [-0.2, -0.15) is 12.6 Å². The zero-order valence-electron chi connectivity index (χ0n) is 6.92. The molecule has 0 aliphatic carbocycles. The second-order valence-electron chi connectivity index (χ2n) is 3.06. The monoisotopic (exact) mass is 177 g/mol. The number of thiol groups is 1. The Bertz CT molecular complexity index is 136. The van der Waals surface area contributed by atoms with E-state index in [2.05, 4.69) is 17.9 Å². The number of rotatable bonds is 4. The molecule has 4 heteroatoms. The van der Waals surface area contributed by atoms with E-state index in [1.54, 1.807) is 13.8 Å². The van der Waals surface area contributed by atoms with E-state index in [0.717, 1.165) is 0 Å². The summed E-state index contributed by atoms with van der Waals surface area (Å²) >= 11 is 3.92. The summed E-state index contributed by atoms with van der Waals surface area (Å²) in [5, 5.41) is 11.4. The summed E-state index contributed by atoms with van der Waals surface area (Å²) in [6.45, 7) is 3.48. The highest BCUT2D eigenvalue weighted by Gasteiger charge is 2.17. The molecular formula is C7H15NO2S. The van der Waals surface area contributed by atoms with Gasteiger partial charge in [0.15, 0.2) is 0 Å². The molecular weight excluding hydrogens is 162 g/mol. The Morgan fingerprint density at radius 2 is 2.18 bits per heavy atom. The number of aliphatic hydroxyl groups excluding tert-OH is 1. The van der Waals surface area contributed by atoms with Crippen LogP contribution < -0.4 is 5.32 Å². The Balaban J connectivity index is 3.74. The molecule has 0 heterocycles. The van der Waals surface area contributed by atoms with Gasteiger partial charge in [-0.05, 0) is 19.6 Å². The third-order valence-electron chi connectivity index (χ3n) is 1.21. The molecule has 0 rings (SSSR count). The SMILES string of the molecule is CC(C)(CO)NC(=O)CCS. The van der Waals surface area contributed by atoms with Crippen molar-refractivity contribution in [2.75, 3.05) is 12.4 Å². The van der Waals surface area contributed by atoms with Crippen LogP contribution in [0, 0.1) is 0 Å². The topological polar surface area (TPSA) is 49.3 Å². The maximum Gasteiger partial charge on any atom is 0.221 e. The molecule has 3 nitrogen and oxygen atoms in total. The average molecular weight is 177 g/mol. The fourth-order valence-electron chi connectivity index (χ4n) is 0.581. The van der Waals surface area contributed by atoms with Crippen LogP contribution in [0.3, 0.4) is 0 Å². The quantitative estimate of drug-likeness (QED) is 0.537. The molecule has 0 aromatic carbocycles. The van der Waals surface area contributed by atoms with Crippen LogP contribution in [0.2, 0.25) is 0 Å². The van der Waals surface area contributed by atoms with Gasteiger partial charge < -0.3 is 10.4 Å². The first kappa shape index (κ1) is 10.8. The van der Waals surface area contributed by atoms with E-state index in [9.17, 15) is 4.79 Å². The molecule has 66 valence electrons. The van der Waals surface area contributed by atoms with E-state index in [1.165, 1.54) is 0 Å². The van der Waals surface area contributed by atoms with Crippen LogP contribution in [0.5, 0.6) is 0 Å². The van der Waals surface area contributed by atoms with Gasteiger partial charge >= 0.3 is 0 Å². The molecule has 0 saturated carbocycles. The fourth-order valence-corrected chi connectivity index (χ4v) is 0.784. The van der Waals surface area contributed by atoms with Gasteiger partial charge in [0.2, 0.25) is 5.91 Å². The molecule has 1 amide bonds. The third kappa shape index (κ3) is 5.09. The molecule has 0 aromatic heterocycles. The Hall–Kier alpha value is -0.220. The first-order valence-electron chi connectivity index (χ1n) is 3.54. The first-order valence-corrected chi connectivity index (χ1v) is 4.18. The molecule has 0 aliphatic heterocycles. The minimum atomic E-state index is -0.514. The first-order chi connectivity index (χ1) is 5.02. The van der Waals surface area contributed by atoms with Crippen LogP contribution in [0.15, 0.2) is 0 Å². The summed E-state index contributed by atoms with van der Waals surface area (Å²) in [5.41, 5.74) is -0.514. The molecule has 0 radical (unpaired) electrons. The lowest BCUT2D eigenvalue weighted by atomic mass is 10.1. The Labute approximate surface area is 72.6 Å². The van der Waals surface area contributed by atoms with E-state index < -0.39 is 5.54 Å². The summed E-state index contributed by atoms with van der Waals surface area (Å²) in [7, 11) is 0. The second-order valence-corrected chi connectivity index (χ2v) is 3.51. The number of hydrogen-bond acceptors (Lipinski definition) is 3. The molecule has 0 aromatic rings. The van der Waals surface area contributed by atoms with Crippen LogP contribution in [0.4, 0.5) is 0 Å². The van der Waals surface area contributed by atoms with Gasteiger partial charge in [-0.1, -0.05) is 0 Å². The Morgan fingerprint density at radius 3 is 2.55 bits per heavy atom. The number of carbonyl (C=O) groups excluding carboxylic acids is 1. The minimum absolute atomic E-state index is 0.0503. The van der Waals surface area contributed by atoms with Crippen molar-refractivity contribution in [1.29, 1.82) is 0 Å². The molecule has 0 saturated heterocycles. The third-order valence-corrected chi connectivity index (χ3v) is 1.44. The lowest BCUT2D eigenvalue weighted by Crippen LogP contribution is -2.46. The van der Waals surface area contributed by atoms with Crippen molar-refractivity contribution in [1.82, 2.24) is 5.32 Å². The highest BCUT2D eigenvalue weighted by atomic mass is 32.1. The van der Waals surface area contributed by atoms with Crippen molar-refractivity contribution in [3.8, 4) is 0 Å². The van der Waals surface area contributed by atoms with E-state index in [0.29, 0.717) is 12.2 Å². The number of hydrogen-bond donors (Lipinski definition) is 3. The predicted octanol–water partition coefficient (Wildman–Crippen LogP) is 0.193. The number of carbonyl (C=O) groups is 1. The van der Waals surface area contributed by atoms with Crippen molar-refractivity contribution in [3.05, 3.63) is 0 Å². The average Bonchev–Trinajstić information content (AvgIpc) is 1.87. The summed E-state index contributed by atoms with van der Waals surface area (Å²) in [6.07, 6.45) is 0.395. The highest BCUT2D eigenvalue weighted by Crippen LogP contribution is 2.00. The van der Waals surface area contributed by atoms with E-state index in [1.807, 2.05) is 0 Å². The van der Waals surface area contributed by atoms with Gasteiger partial charge in [-0.3, -0.25) is 4.79 Å². The van der Waals surface area contributed by atoms with Gasteiger partial charge in [0.1, 0.15) is 0 Å². The smallest absolute Gasteiger partial charge is 0.221 e. The van der Waals surface area contributed by atoms with Gasteiger partial charge in [-0.25, -0.2) is 0 Å². The molecule has 0 bridgehead atoms. The van der Waals surface area contributed by atoms with Crippen molar-refractivity contribution in [2.45, 2.75) is 25.8 Å². The van der Waals surface area contributed by atoms with Crippen molar-refractivity contribution in [2.24, 2.45) is 0 Å². The standard InChI is InChI=1S/C7H15NO2S/c1-7(2,5-9)8-6(10)3-4-11/h9,11H,3-5H2,1-2H3,(H,8,10). The van der Waals surface area contributed by atoms with Crippen molar-refractivity contribution in [3.63, 3.8) is 0 Å². The second kappa shape index (κ2) is 4.62. The van der Waals surface area contributed by atoms with Crippen LogP contribution >= 0.6 is 12.6 Å². The number of amides is 1. The zero-order chi connectivity index (χ0) is 8.91. The van der Waals surface area contributed by atoms with Crippen molar-refractivity contribution < 1.29 is 9.90 Å². The highest BCUT2D eigenvalue weighted by molar-refractivity contribution is 7.80. The molecule has 0 fully saturated rings. The van der Waals surface area contributed by atoms with Crippen LogP contribution in [0.1, 0.15) is 20.3 Å². The molecule has 11 heavy (non-hydrogen) atoms. The van der Waals surface area contributed by atoms with Gasteiger partial charge in [0.25, 0.3) is 0 Å². The summed E-state index contributed by atoms with van der Waals surface area (Å²) in [4.78, 5) is 10.9. The van der Waals surface area contributed by atoms with Crippen LogP contribution in [0.25, 0.3) is 0 Å². The van der Waals surface area contributed by atoms with E-state index in [-0.39, 0.29) is 12.5 Å². The van der Waals surface area contributed by atoms with Gasteiger partial charge in [0.05, 0.1) is 12.1 Å². The lowest BCUT2D eigenvalue weighted by molar-refractivity contribution is -0.122. The molecule has 0 atom stereocenters. The predicted molar refractivity (Wildman–Crippen MR) is 47.8 cm³/mol. The van der Waals surface area contributed by atoms with Crippen molar-refractivity contribution >= 4 is 18.5 Å². The summed E-state index contributed by atoms with van der Waals surface area (Å²) < 4.78 is 0. The zero-order valence-corrected chi connectivity index (χ0v) is 7.82. The normalized spacial score (nSPS) is 11.3. The fraction of sp³-hybridized carbons (Fsp3) is 0.857. The molecule has 2 N–H and O–H groups in total. The molecule has 0 unspecified atom stereocenters. The summed E-state index contributed by atoms with van der Waals surface area (Å²) in [5.74, 6) is 0.465. The van der Waals surface area contributed by atoms with Crippen LogP contribution in [-0.4, -0.2) is 28.9 Å². The summed E-state index contributed by atoms with van der Waals surface area (Å²) in [6, 6.07) is 0. The Morgan fingerprint density at radius 1 is 1.64 bits per heavy atom. The number of aliphatic hydroxyl groups is 1. The largest absolute Gasteiger partial charge is 0.394 e. The van der Waals surface area contributed by atoms with E-state index >= 15 is 0 Å². The minimum Gasteiger partial charge on any atom is -0.394 e. The maximum absolute atomic E-state index is 10.9. The van der Waals surface area contributed by atoms with Crippen LogP contribution in [-0.2, 0) is 4.79 Å². The lowest BCUT2D eigenvalue weighted by Gasteiger charge is -2.23. The van der Waals surface area contributed by atoms with Gasteiger partial charge in [0, 0.05) is 6.42 Å². The molecule has 0 spiro atoms.